The van der Waals surface area contributed by atoms with Crippen LogP contribution in [0.2, 0.25) is 0 Å². The fourth-order valence-corrected chi connectivity index (χ4v) is 1.93. The molecule has 7 nitrogen and oxygen atoms in total. The molecule has 10 heteroatoms. The van der Waals surface area contributed by atoms with Gasteiger partial charge in [-0.1, -0.05) is 12.1 Å². The van der Waals surface area contributed by atoms with Gasteiger partial charge in [0.1, 0.15) is 0 Å². The number of hydrogen-bond acceptors (Lipinski definition) is 6. The fourth-order valence-electron chi connectivity index (χ4n) is 1.93. The molecule has 0 bridgehead atoms. The lowest BCUT2D eigenvalue weighted by atomic mass is 9.99. The van der Waals surface area contributed by atoms with Crippen LogP contribution in [0.15, 0.2) is 36.5 Å². The Morgan fingerprint density at radius 3 is 2.35 bits per heavy atom. The first-order valence-electron chi connectivity index (χ1n) is 7.46. The van der Waals surface area contributed by atoms with Gasteiger partial charge in [-0.05, 0) is 18.2 Å². The quantitative estimate of drug-likeness (QED) is 0.853. The van der Waals surface area contributed by atoms with Crippen molar-refractivity contribution in [3.05, 3.63) is 42.2 Å². The predicted molar refractivity (Wildman–Crippen MR) is 84.4 cm³/mol. The molecule has 1 aliphatic heterocycles. The van der Waals surface area contributed by atoms with Crippen molar-refractivity contribution in [3.8, 4) is 17.5 Å². The summed E-state index contributed by atoms with van der Waals surface area (Å²) in [4.78, 5) is 17.5. The first kappa shape index (κ1) is 19.4. The maximum atomic E-state index is 10.6. The Balaban J connectivity index is 0.000000298. The van der Waals surface area contributed by atoms with Crippen LogP contribution >= 0.6 is 0 Å². The van der Waals surface area contributed by atoms with Crippen molar-refractivity contribution in [3.63, 3.8) is 0 Å². The first-order valence-corrected chi connectivity index (χ1v) is 7.46. The Labute approximate surface area is 146 Å². The van der Waals surface area contributed by atoms with Crippen LogP contribution in [0.1, 0.15) is 11.6 Å². The topological polar surface area (TPSA) is 93.6 Å². The van der Waals surface area contributed by atoms with Gasteiger partial charge in [0.2, 0.25) is 0 Å². The average Bonchev–Trinajstić information content (AvgIpc) is 2.54. The summed E-state index contributed by atoms with van der Waals surface area (Å²) in [7, 11) is 1.61. The van der Waals surface area contributed by atoms with Crippen LogP contribution in [-0.2, 0) is 4.79 Å². The number of halogens is 3. The monoisotopic (exact) mass is 371 g/mol. The summed E-state index contributed by atoms with van der Waals surface area (Å²) in [6, 6.07) is 9.74. The van der Waals surface area contributed by atoms with Crippen molar-refractivity contribution in [1.82, 2.24) is 15.3 Å². The van der Waals surface area contributed by atoms with E-state index < -0.39 is 12.1 Å². The zero-order valence-electron chi connectivity index (χ0n) is 13.7. The van der Waals surface area contributed by atoms with E-state index in [-0.39, 0.29) is 0 Å². The minimum Gasteiger partial charge on any atom is -0.493 e. The smallest absolute Gasteiger partial charge is 0.490 e. The van der Waals surface area contributed by atoms with Crippen molar-refractivity contribution in [2.45, 2.75) is 12.1 Å². The zero-order chi connectivity index (χ0) is 19.2. The number of nitrogens with zero attached hydrogens (tertiary/aromatic N) is 2. The Kier molecular flexibility index (Phi) is 6.34. The molecule has 0 spiro atoms. The lowest BCUT2D eigenvalue weighted by Gasteiger charge is -2.26. The fraction of sp³-hybridized carbons (Fsp3) is 0.312. The van der Waals surface area contributed by atoms with E-state index in [9.17, 15) is 13.2 Å². The lowest BCUT2D eigenvalue weighted by molar-refractivity contribution is -0.192. The van der Waals surface area contributed by atoms with E-state index in [4.69, 9.17) is 19.4 Å². The van der Waals surface area contributed by atoms with Crippen molar-refractivity contribution in [2.75, 3.05) is 20.2 Å². The number of aliphatic carboxylic acids is 1. The highest BCUT2D eigenvalue weighted by Crippen LogP contribution is 2.29. The first-order chi connectivity index (χ1) is 12.3. The third-order valence-electron chi connectivity index (χ3n) is 3.37. The molecule has 0 amide bonds. The summed E-state index contributed by atoms with van der Waals surface area (Å²) in [5, 5.41) is 10.4. The van der Waals surface area contributed by atoms with Crippen LogP contribution in [0.5, 0.6) is 17.5 Å². The molecule has 1 fully saturated rings. The average molecular weight is 371 g/mol. The molecule has 26 heavy (non-hydrogen) atoms. The summed E-state index contributed by atoms with van der Waals surface area (Å²) >= 11 is 0. The third-order valence-corrected chi connectivity index (χ3v) is 3.37. The van der Waals surface area contributed by atoms with Gasteiger partial charge in [-0.2, -0.15) is 18.2 Å². The number of benzene rings is 1. The number of nitrogens with one attached hydrogen (secondary N) is 1. The molecule has 2 N–H and O–H groups in total. The summed E-state index contributed by atoms with van der Waals surface area (Å²) in [6.07, 6.45) is -3.36. The number of carboxylic acids is 1. The number of para-hydroxylation sites is 2. The van der Waals surface area contributed by atoms with Crippen molar-refractivity contribution in [1.29, 1.82) is 0 Å². The van der Waals surface area contributed by atoms with E-state index in [0.717, 1.165) is 18.8 Å². The maximum absolute atomic E-state index is 10.6. The highest BCUT2D eigenvalue weighted by Gasteiger charge is 2.38. The Bertz CT molecular complexity index is 752. The van der Waals surface area contributed by atoms with Gasteiger partial charge in [0, 0.05) is 25.2 Å². The second kappa shape index (κ2) is 8.48. The highest BCUT2D eigenvalue weighted by atomic mass is 19.4. The van der Waals surface area contributed by atoms with Crippen LogP contribution < -0.4 is 14.8 Å². The van der Waals surface area contributed by atoms with Gasteiger partial charge in [-0.15, -0.1) is 0 Å². The Hall–Kier alpha value is -2.88. The van der Waals surface area contributed by atoms with Gasteiger partial charge >= 0.3 is 18.2 Å². The molecule has 1 aromatic heterocycles. The minimum absolute atomic E-state index is 0.355. The molecule has 3 rings (SSSR count). The van der Waals surface area contributed by atoms with E-state index in [2.05, 4.69) is 15.3 Å². The van der Waals surface area contributed by atoms with Gasteiger partial charge in [0.25, 0.3) is 0 Å². The van der Waals surface area contributed by atoms with Gasteiger partial charge in [0.05, 0.1) is 12.8 Å². The van der Waals surface area contributed by atoms with Crippen LogP contribution in [0.25, 0.3) is 0 Å². The summed E-state index contributed by atoms with van der Waals surface area (Å²) < 4.78 is 42.7. The molecule has 0 atom stereocenters. The summed E-state index contributed by atoms with van der Waals surface area (Å²) in [5.74, 6) is -1.01. The molecule has 1 aliphatic rings. The molecular weight excluding hydrogens is 355 g/mol. The number of carbonyl (C=O) groups is 1. The minimum atomic E-state index is -5.08. The van der Waals surface area contributed by atoms with Crippen LogP contribution in [0, 0.1) is 0 Å². The number of aromatic nitrogens is 2. The van der Waals surface area contributed by atoms with E-state index in [0.29, 0.717) is 23.4 Å². The maximum Gasteiger partial charge on any atom is 0.490 e. The van der Waals surface area contributed by atoms with Gasteiger partial charge in [-0.25, -0.2) is 9.78 Å². The van der Waals surface area contributed by atoms with Crippen molar-refractivity contribution in [2.24, 2.45) is 0 Å². The molecule has 0 radical (unpaired) electrons. The van der Waals surface area contributed by atoms with E-state index in [1.54, 1.807) is 13.3 Å². The standard InChI is InChI=1S/C14H15N3O2.C2HF3O2/c1-18-12-4-2-3-5-13(12)19-14-16-7-6-11(17-14)10-8-15-9-10;3-2(4,5)1(6)7/h2-7,10,15H,8-9H2,1H3;(H,6,7). The van der Waals surface area contributed by atoms with Gasteiger partial charge in [-0.3, -0.25) is 0 Å². The molecule has 0 saturated carbocycles. The number of ether oxygens (including phenoxy) is 2. The second-order valence-electron chi connectivity index (χ2n) is 5.18. The van der Waals surface area contributed by atoms with E-state index >= 15 is 0 Å². The Morgan fingerprint density at radius 2 is 1.85 bits per heavy atom. The predicted octanol–water partition coefficient (Wildman–Crippen LogP) is 2.60. The molecule has 0 unspecified atom stereocenters. The largest absolute Gasteiger partial charge is 0.493 e. The lowest BCUT2D eigenvalue weighted by Crippen LogP contribution is -2.40. The van der Waals surface area contributed by atoms with Gasteiger partial charge < -0.3 is 19.9 Å². The second-order valence-corrected chi connectivity index (χ2v) is 5.18. The molecule has 2 aromatic rings. The normalized spacial score (nSPS) is 13.8. The zero-order valence-corrected chi connectivity index (χ0v) is 13.7. The van der Waals surface area contributed by atoms with E-state index in [1.807, 2.05) is 30.3 Å². The summed E-state index contributed by atoms with van der Waals surface area (Å²) in [6.45, 7) is 1.93. The van der Waals surface area contributed by atoms with E-state index in [1.165, 1.54) is 0 Å². The highest BCUT2D eigenvalue weighted by molar-refractivity contribution is 5.73. The molecule has 1 saturated heterocycles. The molecule has 1 aromatic carbocycles. The number of alkyl halides is 3. The van der Waals surface area contributed by atoms with Crippen LogP contribution in [-0.4, -0.2) is 47.4 Å². The number of rotatable bonds is 4. The van der Waals surface area contributed by atoms with Crippen molar-refractivity contribution < 1.29 is 32.5 Å². The Morgan fingerprint density at radius 1 is 1.23 bits per heavy atom. The van der Waals surface area contributed by atoms with Gasteiger partial charge in [0.15, 0.2) is 11.5 Å². The van der Waals surface area contributed by atoms with Crippen LogP contribution in [0.3, 0.4) is 0 Å². The SMILES string of the molecule is COc1ccccc1Oc1nccc(C2CNC2)n1.O=C(O)C(F)(F)F. The summed E-state index contributed by atoms with van der Waals surface area (Å²) in [5.41, 5.74) is 1.01. The molecule has 0 aliphatic carbocycles. The number of methoxy groups -OCH3 is 1. The molecule has 2 heterocycles. The number of carboxylic acid groups (broad SMARTS) is 1. The third kappa shape index (κ3) is 5.31. The number of hydrogen-bond donors (Lipinski definition) is 2. The molecular formula is C16H16F3N3O4. The molecule has 140 valence electrons. The van der Waals surface area contributed by atoms with Crippen LogP contribution in [0.4, 0.5) is 13.2 Å². The van der Waals surface area contributed by atoms with Crippen molar-refractivity contribution >= 4 is 5.97 Å².